The molecule has 0 saturated carbocycles. The maximum atomic E-state index is 14.1. The maximum Gasteiger partial charge on any atom is 0.305 e. The van der Waals surface area contributed by atoms with Crippen molar-refractivity contribution in [1.29, 1.82) is 0 Å². The van der Waals surface area contributed by atoms with Gasteiger partial charge in [-0.2, -0.15) is 0 Å². The van der Waals surface area contributed by atoms with E-state index in [1.807, 2.05) is 0 Å². The second-order valence-corrected chi connectivity index (χ2v) is 6.20. The Bertz CT molecular complexity index is 1170. The van der Waals surface area contributed by atoms with Crippen LogP contribution in [0.3, 0.4) is 0 Å². The number of hydrogen-bond acceptors (Lipinski definition) is 3. The van der Waals surface area contributed by atoms with Crippen molar-refractivity contribution in [3.63, 3.8) is 0 Å². The molecular formula is C19H13F4N3O4. The Morgan fingerprint density at radius 2 is 1.70 bits per heavy atom. The molecule has 1 atom stereocenters. The Morgan fingerprint density at radius 3 is 2.30 bits per heavy atom. The van der Waals surface area contributed by atoms with Gasteiger partial charge < -0.3 is 10.4 Å². The van der Waals surface area contributed by atoms with Gasteiger partial charge in [0.05, 0.1) is 12.5 Å². The van der Waals surface area contributed by atoms with Crippen LogP contribution in [-0.4, -0.2) is 26.8 Å². The highest BCUT2D eigenvalue weighted by molar-refractivity contribution is 5.92. The highest BCUT2D eigenvalue weighted by Crippen LogP contribution is 2.24. The lowest BCUT2D eigenvalue weighted by atomic mass is 10.0. The summed E-state index contributed by atoms with van der Waals surface area (Å²) in [6, 6.07) is 4.44. The van der Waals surface area contributed by atoms with Crippen molar-refractivity contribution in [2.24, 2.45) is 0 Å². The van der Waals surface area contributed by atoms with Gasteiger partial charge >= 0.3 is 5.97 Å². The minimum atomic E-state index is -1.59. The van der Waals surface area contributed by atoms with E-state index in [0.29, 0.717) is 10.7 Å². The molecule has 2 aromatic carbocycles. The molecule has 1 amide bonds. The predicted octanol–water partition coefficient (Wildman–Crippen LogP) is 2.67. The predicted molar refractivity (Wildman–Crippen MR) is 95.1 cm³/mol. The largest absolute Gasteiger partial charge is 0.481 e. The number of aromatic nitrogens is 2. The van der Waals surface area contributed by atoms with Crippen LogP contribution in [0.1, 0.15) is 28.5 Å². The van der Waals surface area contributed by atoms with Gasteiger partial charge in [-0.1, -0.05) is 6.07 Å². The summed E-state index contributed by atoms with van der Waals surface area (Å²) in [4.78, 5) is 35.7. The van der Waals surface area contributed by atoms with Crippen molar-refractivity contribution < 1.29 is 32.3 Å². The average molecular weight is 423 g/mol. The average Bonchev–Trinajstić information content (AvgIpc) is 3.02. The quantitative estimate of drug-likeness (QED) is 0.531. The number of carbonyl (C=O) groups excluding carboxylic acids is 1. The minimum Gasteiger partial charge on any atom is -0.481 e. The molecule has 1 aromatic heterocycles. The van der Waals surface area contributed by atoms with E-state index in [-0.39, 0.29) is 5.69 Å². The number of nitrogens with zero attached hydrogens (tertiary/aromatic N) is 1. The molecule has 7 nitrogen and oxygen atoms in total. The first-order valence-corrected chi connectivity index (χ1v) is 8.41. The first kappa shape index (κ1) is 20.8. The molecule has 0 fully saturated rings. The Hall–Kier alpha value is -3.89. The van der Waals surface area contributed by atoms with E-state index in [4.69, 9.17) is 5.11 Å². The van der Waals surface area contributed by atoms with Gasteiger partial charge in [-0.25, -0.2) is 22.2 Å². The number of carboxylic acid groups (broad SMARTS) is 1. The van der Waals surface area contributed by atoms with Crippen molar-refractivity contribution in [2.45, 2.75) is 12.5 Å². The maximum absolute atomic E-state index is 14.1. The van der Waals surface area contributed by atoms with Crippen LogP contribution < -0.4 is 10.9 Å². The van der Waals surface area contributed by atoms with Crippen LogP contribution in [-0.2, 0) is 4.79 Å². The summed E-state index contributed by atoms with van der Waals surface area (Å²) in [6.45, 7) is 0. The number of H-pyrrole nitrogens is 1. The van der Waals surface area contributed by atoms with Gasteiger partial charge in [-0.3, -0.25) is 19.5 Å². The van der Waals surface area contributed by atoms with E-state index < -0.39 is 64.4 Å². The number of carbonyl (C=O) groups is 2. The van der Waals surface area contributed by atoms with Gasteiger partial charge in [0.25, 0.3) is 11.5 Å². The molecule has 0 radical (unpaired) electrons. The van der Waals surface area contributed by atoms with Crippen molar-refractivity contribution in [2.75, 3.05) is 0 Å². The molecule has 3 aromatic rings. The van der Waals surface area contributed by atoms with E-state index in [9.17, 15) is 31.9 Å². The molecule has 0 saturated heterocycles. The summed E-state index contributed by atoms with van der Waals surface area (Å²) >= 11 is 0. The molecule has 0 bridgehead atoms. The smallest absolute Gasteiger partial charge is 0.305 e. The molecule has 3 rings (SSSR count). The number of halogens is 4. The van der Waals surface area contributed by atoms with E-state index >= 15 is 0 Å². The highest BCUT2D eigenvalue weighted by Gasteiger charge is 2.26. The topological polar surface area (TPSA) is 104 Å². The molecular weight excluding hydrogens is 410 g/mol. The second kappa shape index (κ2) is 8.23. The Labute approximate surface area is 165 Å². The van der Waals surface area contributed by atoms with Gasteiger partial charge in [0.2, 0.25) is 0 Å². The summed E-state index contributed by atoms with van der Waals surface area (Å²) in [5, 5.41) is 13.5. The lowest BCUT2D eigenvalue weighted by Crippen LogP contribution is -2.31. The summed E-state index contributed by atoms with van der Waals surface area (Å²) in [5.74, 6) is -6.60. The lowest BCUT2D eigenvalue weighted by Gasteiger charge is -2.18. The summed E-state index contributed by atoms with van der Waals surface area (Å²) in [5.41, 5.74) is -2.35. The Morgan fingerprint density at radius 1 is 1.03 bits per heavy atom. The molecule has 1 heterocycles. The first-order chi connectivity index (χ1) is 14.2. The third kappa shape index (κ3) is 4.24. The number of aliphatic carboxylic acids is 1. The van der Waals surface area contributed by atoms with Crippen LogP contribution in [0.2, 0.25) is 0 Å². The van der Waals surface area contributed by atoms with Gasteiger partial charge in [0, 0.05) is 17.7 Å². The third-order valence-corrected chi connectivity index (χ3v) is 4.15. The zero-order valence-electron chi connectivity index (χ0n) is 15.0. The Balaban J connectivity index is 1.94. The van der Waals surface area contributed by atoms with Crippen LogP contribution in [0.15, 0.2) is 47.3 Å². The number of hydrogen-bond donors (Lipinski definition) is 3. The summed E-state index contributed by atoms with van der Waals surface area (Å²) in [7, 11) is 0. The van der Waals surface area contributed by atoms with E-state index in [1.54, 1.807) is 0 Å². The number of benzene rings is 2. The van der Waals surface area contributed by atoms with Crippen molar-refractivity contribution in [3.05, 3.63) is 87.3 Å². The van der Waals surface area contributed by atoms with Gasteiger partial charge in [-0.15, -0.1) is 0 Å². The fraction of sp³-hybridized carbons (Fsp3) is 0.105. The van der Waals surface area contributed by atoms with E-state index in [1.165, 1.54) is 0 Å². The van der Waals surface area contributed by atoms with E-state index in [2.05, 4.69) is 10.4 Å². The van der Waals surface area contributed by atoms with Crippen LogP contribution in [0, 0.1) is 23.3 Å². The molecule has 0 aliphatic carbocycles. The zero-order chi connectivity index (χ0) is 22.0. The fourth-order valence-electron chi connectivity index (χ4n) is 2.83. The normalized spacial score (nSPS) is 11.9. The van der Waals surface area contributed by atoms with Gasteiger partial charge in [0.1, 0.15) is 28.8 Å². The van der Waals surface area contributed by atoms with Crippen LogP contribution in [0.4, 0.5) is 17.6 Å². The molecule has 11 heteroatoms. The molecule has 0 aliphatic heterocycles. The van der Waals surface area contributed by atoms with Crippen molar-refractivity contribution in [3.8, 4) is 5.69 Å². The lowest BCUT2D eigenvalue weighted by molar-refractivity contribution is -0.137. The minimum absolute atomic E-state index is 0.373. The molecule has 30 heavy (non-hydrogen) atoms. The fourth-order valence-corrected chi connectivity index (χ4v) is 2.83. The SMILES string of the molecule is O=C(O)C[C@H](NC(=O)c1cc(=O)n(-c2ccc(F)cc2F)[nH]1)c1c(F)cccc1F. The van der Waals surface area contributed by atoms with Crippen molar-refractivity contribution >= 4 is 11.9 Å². The summed E-state index contributed by atoms with van der Waals surface area (Å²) < 4.78 is 55.7. The van der Waals surface area contributed by atoms with Gasteiger partial charge in [0.15, 0.2) is 5.82 Å². The number of aromatic amines is 1. The van der Waals surface area contributed by atoms with E-state index in [0.717, 1.165) is 36.4 Å². The number of amides is 1. The van der Waals surface area contributed by atoms with Crippen molar-refractivity contribution in [1.82, 2.24) is 15.1 Å². The number of nitrogens with one attached hydrogen (secondary N) is 2. The van der Waals surface area contributed by atoms with Crippen LogP contribution >= 0.6 is 0 Å². The Kier molecular flexibility index (Phi) is 5.72. The zero-order valence-corrected chi connectivity index (χ0v) is 15.0. The molecule has 156 valence electrons. The molecule has 3 N–H and O–H groups in total. The second-order valence-electron chi connectivity index (χ2n) is 6.20. The summed E-state index contributed by atoms with van der Waals surface area (Å²) in [6.07, 6.45) is -0.846. The van der Waals surface area contributed by atoms with Crippen LogP contribution in [0.25, 0.3) is 5.69 Å². The molecule has 0 spiro atoms. The number of rotatable bonds is 6. The highest BCUT2D eigenvalue weighted by atomic mass is 19.1. The third-order valence-electron chi connectivity index (χ3n) is 4.15. The first-order valence-electron chi connectivity index (χ1n) is 8.41. The monoisotopic (exact) mass is 423 g/mol. The molecule has 0 unspecified atom stereocenters. The molecule has 0 aliphatic rings. The van der Waals surface area contributed by atoms with Gasteiger partial charge in [-0.05, 0) is 24.3 Å². The number of carboxylic acids is 1. The van der Waals surface area contributed by atoms with Crippen LogP contribution in [0.5, 0.6) is 0 Å². The standard InChI is InChI=1S/C19H13F4N3O4/c20-9-4-5-15(12(23)6-9)26-16(27)7-14(25-26)19(30)24-13(8-17(28)29)18-10(21)2-1-3-11(18)22/h1-7,13,25H,8H2,(H,24,30)(H,28,29)/t13-/m0/s1.